The number of ether oxygens (including phenoxy) is 2. The summed E-state index contributed by atoms with van der Waals surface area (Å²) >= 11 is 12.4. The maximum atomic E-state index is 6.24. The average molecular weight is 314 g/mol. The fraction of sp³-hybridized carbons (Fsp3) is 0.231. The Morgan fingerprint density at radius 2 is 1.90 bits per heavy atom. The second kappa shape index (κ2) is 6.15. The van der Waals surface area contributed by atoms with Crippen molar-refractivity contribution in [1.82, 2.24) is 9.97 Å². The van der Waals surface area contributed by atoms with Crippen molar-refractivity contribution in [1.29, 1.82) is 0 Å². The minimum atomic E-state index is 0.0976. The third kappa shape index (κ3) is 3.05. The van der Waals surface area contributed by atoms with Gasteiger partial charge in [0.1, 0.15) is 5.75 Å². The van der Waals surface area contributed by atoms with Gasteiger partial charge in [-0.15, -0.1) is 0 Å². The minimum Gasteiger partial charge on any atom is -0.492 e. The molecule has 0 aliphatic rings. The molecule has 0 aliphatic heterocycles. The molecule has 1 aromatic carbocycles. The zero-order valence-electron chi connectivity index (χ0n) is 11.0. The molecule has 2 N–H and O–H groups in total. The molecular weight excluding hydrogens is 301 g/mol. The molecule has 0 atom stereocenters. The van der Waals surface area contributed by atoms with Crippen molar-refractivity contribution in [2.75, 3.05) is 19.5 Å². The Morgan fingerprint density at radius 3 is 2.55 bits per heavy atom. The summed E-state index contributed by atoms with van der Waals surface area (Å²) in [6.45, 7) is 2.37. The van der Waals surface area contributed by atoms with E-state index in [1.807, 2.05) is 6.92 Å². The van der Waals surface area contributed by atoms with Crippen LogP contribution in [-0.4, -0.2) is 23.7 Å². The Balaban J connectivity index is 2.52. The summed E-state index contributed by atoms with van der Waals surface area (Å²) in [6.07, 6.45) is 0. The highest BCUT2D eigenvalue weighted by Crippen LogP contribution is 2.36. The number of aromatic nitrogens is 2. The van der Waals surface area contributed by atoms with E-state index in [9.17, 15) is 0 Å². The zero-order chi connectivity index (χ0) is 14.7. The maximum absolute atomic E-state index is 6.24. The van der Waals surface area contributed by atoms with Gasteiger partial charge in [-0.1, -0.05) is 23.2 Å². The van der Waals surface area contributed by atoms with Gasteiger partial charge in [0, 0.05) is 17.7 Å². The number of hydrogen-bond donors (Lipinski definition) is 1. The number of hydrogen-bond acceptors (Lipinski definition) is 5. The highest BCUT2D eigenvalue weighted by Gasteiger charge is 2.13. The monoisotopic (exact) mass is 313 g/mol. The van der Waals surface area contributed by atoms with Crippen LogP contribution in [0.2, 0.25) is 10.0 Å². The normalized spacial score (nSPS) is 10.4. The molecule has 2 rings (SSSR count). The molecule has 0 aliphatic carbocycles. The second-order valence-electron chi connectivity index (χ2n) is 3.85. The summed E-state index contributed by atoms with van der Waals surface area (Å²) < 4.78 is 10.4. The van der Waals surface area contributed by atoms with Crippen LogP contribution in [0.5, 0.6) is 11.6 Å². The SMILES string of the molecule is CCOc1cc(Cl)c(-c2cc(OC)nc(N)n2)cc1Cl. The van der Waals surface area contributed by atoms with Gasteiger partial charge in [0.2, 0.25) is 11.8 Å². The Kier molecular flexibility index (Phi) is 4.52. The van der Waals surface area contributed by atoms with Crippen LogP contribution in [0, 0.1) is 0 Å². The molecule has 0 bridgehead atoms. The van der Waals surface area contributed by atoms with Crippen LogP contribution in [-0.2, 0) is 0 Å². The summed E-state index contributed by atoms with van der Waals surface area (Å²) in [5.74, 6) is 0.978. The number of nitrogen functional groups attached to an aromatic ring is 1. The number of halogens is 2. The fourth-order valence-corrected chi connectivity index (χ4v) is 2.15. The van der Waals surface area contributed by atoms with E-state index in [-0.39, 0.29) is 5.95 Å². The lowest BCUT2D eigenvalue weighted by molar-refractivity contribution is 0.340. The number of nitrogens with two attached hydrogens (primary N) is 1. The van der Waals surface area contributed by atoms with Gasteiger partial charge in [0.15, 0.2) is 0 Å². The van der Waals surface area contributed by atoms with E-state index in [0.717, 1.165) is 0 Å². The van der Waals surface area contributed by atoms with Gasteiger partial charge in [0.05, 0.1) is 29.5 Å². The van der Waals surface area contributed by atoms with Crippen molar-refractivity contribution < 1.29 is 9.47 Å². The van der Waals surface area contributed by atoms with Gasteiger partial charge in [-0.3, -0.25) is 0 Å². The van der Waals surface area contributed by atoms with E-state index < -0.39 is 0 Å². The number of nitrogens with zero attached hydrogens (tertiary/aromatic N) is 2. The second-order valence-corrected chi connectivity index (χ2v) is 4.66. The first-order valence-electron chi connectivity index (χ1n) is 5.86. The Morgan fingerprint density at radius 1 is 1.15 bits per heavy atom. The minimum absolute atomic E-state index is 0.0976. The molecule has 2 aromatic rings. The summed E-state index contributed by atoms with van der Waals surface area (Å²) in [5, 5.41) is 0.903. The molecule has 5 nitrogen and oxygen atoms in total. The average Bonchev–Trinajstić information content (AvgIpc) is 2.42. The Labute approximate surface area is 126 Å². The van der Waals surface area contributed by atoms with E-state index in [2.05, 4.69) is 9.97 Å². The molecule has 0 radical (unpaired) electrons. The van der Waals surface area contributed by atoms with Crippen LogP contribution >= 0.6 is 23.2 Å². The molecule has 20 heavy (non-hydrogen) atoms. The van der Waals surface area contributed by atoms with Crippen molar-refractivity contribution in [2.24, 2.45) is 0 Å². The van der Waals surface area contributed by atoms with Crippen LogP contribution in [0.4, 0.5) is 5.95 Å². The number of anilines is 1. The van der Waals surface area contributed by atoms with Crippen molar-refractivity contribution in [3.63, 3.8) is 0 Å². The molecule has 1 aromatic heterocycles. The highest BCUT2D eigenvalue weighted by atomic mass is 35.5. The van der Waals surface area contributed by atoms with Crippen LogP contribution in [0.15, 0.2) is 18.2 Å². The standard InChI is InChI=1S/C13H13Cl2N3O2/c1-3-20-11-5-8(14)7(4-9(11)15)10-6-12(19-2)18-13(16)17-10/h4-6H,3H2,1-2H3,(H2,16,17,18). The number of benzene rings is 1. The molecule has 0 spiro atoms. The molecule has 1 heterocycles. The molecule has 7 heteroatoms. The van der Waals surface area contributed by atoms with Crippen LogP contribution in [0.1, 0.15) is 6.92 Å². The molecule has 0 amide bonds. The van der Waals surface area contributed by atoms with Crippen LogP contribution in [0.25, 0.3) is 11.3 Å². The van der Waals surface area contributed by atoms with E-state index in [0.29, 0.717) is 39.5 Å². The van der Waals surface area contributed by atoms with Crippen molar-refractivity contribution in [3.8, 4) is 22.9 Å². The van der Waals surface area contributed by atoms with Gasteiger partial charge in [0.25, 0.3) is 0 Å². The predicted molar refractivity (Wildman–Crippen MR) is 79.6 cm³/mol. The van der Waals surface area contributed by atoms with Gasteiger partial charge in [-0.25, -0.2) is 4.98 Å². The van der Waals surface area contributed by atoms with E-state index in [1.165, 1.54) is 7.11 Å². The molecule has 0 saturated carbocycles. The lowest BCUT2D eigenvalue weighted by Gasteiger charge is -2.11. The third-order valence-corrected chi connectivity index (χ3v) is 3.13. The molecule has 0 saturated heterocycles. The van der Waals surface area contributed by atoms with Gasteiger partial charge in [-0.05, 0) is 13.0 Å². The first kappa shape index (κ1) is 14.7. The van der Waals surface area contributed by atoms with Gasteiger partial charge < -0.3 is 15.2 Å². The number of methoxy groups -OCH3 is 1. The zero-order valence-corrected chi connectivity index (χ0v) is 12.5. The van der Waals surface area contributed by atoms with E-state index >= 15 is 0 Å². The topological polar surface area (TPSA) is 70.3 Å². The van der Waals surface area contributed by atoms with Crippen molar-refractivity contribution in [2.45, 2.75) is 6.92 Å². The summed E-state index contributed by atoms with van der Waals surface area (Å²) in [5.41, 5.74) is 6.80. The molecule has 0 fully saturated rings. The van der Waals surface area contributed by atoms with E-state index in [1.54, 1.807) is 18.2 Å². The lowest BCUT2D eigenvalue weighted by Crippen LogP contribution is -2.00. The summed E-state index contributed by atoms with van der Waals surface area (Å²) in [6, 6.07) is 4.96. The fourth-order valence-electron chi connectivity index (χ4n) is 1.68. The molecule has 106 valence electrons. The largest absolute Gasteiger partial charge is 0.492 e. The molecular formula is C13H13Cl2N3O2. The smallest absolute Gasteiger partial charge is 0.223 e. The third-order valence-electron chi connectivity index (χ3n) is 2.53. The molecule has 0 unspecified atom stereocenters. The number of rotatable bonds is 4. The van der Waals surface area contributed by atoms with Gasteiger partial charge >= 0.3 is 0 Å². The Bertz CT molecular complexity index is 635. The Hall–Kier alpha value is -1.72. The lowest BCUT2D eigenvalue weighted by atomic mass is 10.1. The first-order chi connectivity index (χ1) is 9.55. The first-order valence-corrected chi connectivity index (χ1v) is 6.61. The van der Waals surface area contributed by atoms with Crippen molar-refractivity contribution >= 4 is 29.2 Å². The summed E-state index contributed by atoms with van der Waals surface area (Å²) in [7, 11) is 1.50. The van der Waals surface area contributed by atoms with Crippen molar-refractivity contribution in [3.05, 3.63) is 28.2 Å². The maximum Gasteiger partial charge on any atom is 0.223 e. The predicted octanol–water partition coefficient (Wildman–Crippen LogP) is 3.44. The van der Waals surface area contributed by atoms with Crippen LogP contribution in [0.3, 0.4) is 0 Å². The van der Waals surface area contributed by atoms with E-state index in [4.69, 9.17) is 38.4 Å². The summed E-state index contributed by atoms with van der Waals surface area (Å²) in [4.78, 5) is 8.05. The van der Waals surface area contributed by atoms with Crippen LogP contribution < -0.4 is 15.2 Å². The van der Waals surface area contributed by atoms with Gasteiger partial charge in [-0.2, -0.15) is 4.98 Å². The highest BCUT2D eigenvalue weighted by molar-refractivity contribution is 6.36. The quantitative estimate of drug-likeness (QED) is 0.936.